The van der Waals surface area contributed by atoms with Crippen LogP contribution in [0.1, 0.15) is 30.5 Å². The summed E-state index contributed by atoms with van der Waals surface area (Å²) in [5.41, 5.74) is 8.26. The van der Waals surface area contributed by atoms with Crippen LogP contribution in [-0.2, 0) is 0 Å². The van der Waals surface area contributed by atoms with Crippen molar-refractivity contribution in [3.8, 4) is 17.2 Å². The molecule has 0 aromatic heterocycles. The minimum Gasteiger partial charge on any atom is -0.493 e. The summed E-state index contributed by atoms with van der Waals surface area (Å²) in [6.07, 6.45) is 0.923. The molecule has 2 rings (SSSR count). The van der Waals surface area contributed by atoms with Crippen LogP contribution in [0.5, 0.6) is 17.2 Å². The third-order valence-electron chi connectivity index (χ3n) is 3.30. The summed E-state index contributed by atoms with van der Waals surface area (Å²) in [6, 6.07) is 13.8. The highest BCUT2D eigenvalue weighted by Crippen LogP contribution is 2.32. The first-order chi connectivity index (χ1) is 9.63. The SMILES string of the molecule is CC[C@@H](N)c1ccc(Oc2ccc(C)cc2OC)cc1. The summed E-state index contributed by atoms with van der Waals surface area (Å²) in [4.78, 5) is 0. The average Bonchev–Trinajstić information content (AvgIpc) is 2.49. The van der Waals surface area contributed by atoms with E-state index in [1.807, 2.05) is 49.4 Å². The van der Waals surface area contributed by atoms with Crippen molar-refractivity contribution in [2.75, 3.05) is 7.11 Å². The molecule has 2 aromatic rings. The second kappa shape index (κ2) is 6.44. The van der Waals surface area contributed by atoms with Gasteiger partial charge in [0.05, 0.1) is 7.11 Å². The third-order valence-corrected chi connectivity index (χ3v) is 3.30. The minimum atomic E-state index is 0.0814. The molecular weight excluding hydrogens is 250 g/mol. The summed E-state index contributed by atoms with van der Waals surface area (Å²) >= 11 is 0. The number of rotatable bonds is 5. The van der Waals surface area contributed by atoms with E-state index < -0.39 is 0 Å². The highest BCUT2D eigenvalue weighted by Gasteiger charge is 2.07. The van der Waals surface area contributed by atoms with Crippen LogP contribution in [0.25, 0.3) is 0 Å². The molecule has 0 fully saturated rings. The normalized spacial score (nSPS) is 12.0. The predicted octanol–water partition coefficient (Wildman–Crippen LogP) is 4.21. The summed E-state index contributed by atoms with van der Waals surface area (Å²) in [5, 5.41) is 0. The van der Waals surface area contributed by atoms with Crippen molar-refractivity contribution in [1.82, 2.24) is 0 Å². The van der Waals surface area contributed by atoms with Crippen LogP contribution in [0.3, 0.4) is 0 Å². The zero-order valence-electron chi connectivity index (χ0n) is 12.2. The fraction of sp³-hybridized carbons (Fsp3) is 0.294. The molecule has 3 nitrogen and oxygen atoms in total. The Labute approximate surface area is 120 Å². The van der Waals surface area contributed by atoms with E-state index in [0.717, 1.165) is 29.0 Å². The number of aryl methyl sites for hydroxylation is 1. The van der Waals surface area contributed by atoms with Crippen LogP contribution >= 0.6 is 0 Å². The van der Waals surface area contributed by atoms with Gasteiger partial charge in [-0.15, -0.1) is 0 Å². The van der Waals surface area contributed by atoms with Gasteiger partial charge in [-0.2, -0.15) is 0 Å². The van der Waals surface area contributed by atoms with Crippen LogP contribution in [0.15, 0.2) is 42.5 Å². The largest absolute Gasteiger partial charge is 0.493 e. The van der Waals surface area contributed by atoms with Gasteiger partial charge < -0.3 is 15.2 Å². The Hall–Kier alpha value is -2.00. The molecule has 20 heavy (non-hydrogen) atoms. The first-order valence-electron chi connectivity index (χ1n) is 6.82. The maximum absolute atomic E-state index is 6.00. The second-order valence-electron chi connectivity index (χ2n) is 4.84. The van der Waals surface area contributed by atoms with Gasteiger partial charge >= 0.3 is 0 Å². The van der Waals surface area contributed by atoms with E-state index >= 15 is 0 Å². The molecule has 106 valence electrons. The van der Waals surface area contributed by atoms with Gasteiger partial charge in [0.1, 0.15) is 5.75 Å². The maximum Gasteiger partial charge on any atom is 0.169 e. The monoisotopic (exact) mass is 271 g/mol. The standard InChI is InChI=1S/C17H21NO2/c1-4-15(18)13-6-8-14(9-7-13)20-16-10-5-12(2)11-17(16)19-3/h5-11,15H,4,18H2,1-3H3/t15-/m1/s1. The van der Waals surface area contributed by atoms with E-state index in [9.17, 15) is 0 Å². The van der Waals surface area contributed by atoms with Crippen LogP contribution < -0.4 is 15.2 Å². The summed E-state index contributed by atoms with van der Waals surface area (Å²) < 4.78 is 11.2. The molecule has 0 radical (unpaired) electrons. The summed E-state index contributed by atoms with van der Waals surface area (Å²) in [5.74, 6) is 2.23. The summed E-state index contributed by atoms with van der Waals surface area (Å²) in [6.45, 7) is 4.10. The van der Waals surface area contributed by atoms with E-state index in [2.05, 4.69) is 6.92 Å². The molecule has 0 unspecified atom stereocenters. The fourth-order valence-electron chi connectivity index (χ4n) is 2.00. The number of hydrogen-bond donors (Lipinski definition) is 1. The van der Waals surface area contributed by atoms with Crippen LogP contribution in [0.2, 0.25) is 0 Å². The Balaban J connectivity index is 2.18. The van der Waals surface area contributed by atoms with Crippen molar-refractivity contribution in [3.05, 3.63) is 53.6 Å². The van der Waals surface area contributed by atoms with Crippen LogP contribution in [0, 0.1) is 6.92 Å². The average molecular weight is 271 g/mol. The fourth-order valence-corrected chi connectivity index (χ4v) is 2.00. The van der Waals surface area contributed by atoms with Gasteiger partial charge in [0, 0.05) is 6.04 Å². The first kappa shape index (κ1) is 14.4. The molecule has 1 atom stereocenters. The third kappa shape index (κ3) is 3.31. The van der Waals surface area contributed by atoms with Crippen molar-refractivity contribution in [2.24, 2.45) is 5.73 Å². The van der Waals surface area contributed by atoms with Crippen LogP contribution in [-0.4, -0.2) is 7.11 Å². The van der Waals surface area contributed by atoms with E-state index in [0.29, 0.717) is 5.75 Å². The molecule has 0 bridgehead atoms. The van der Waals surface area contributed by atoms with Gasteiger partial charge in [-0.3, -0.25) is 0 Å². The Morgan fingerprint density at radius 3 is 2.35 bits per heavy atom. The molecular formula is C17H21NO2. The minimum absolute atomic E-state index is 0.0814. The Morgan fingerprint density at radius 2 is 1.75 bits per heavy atom. The van der Waals surface area contributed by atoms with Gasteiger partial charge in [0.25, 0.3) is 0 Å². The number of methoxy groups -OCH3 is 1. The zero-order valence-corrected chi connectivity index (χ0v) is 12.2. The molecule has 0 spiro atoms. The van der Waals surface area contributed by atoms with Gasteiger partial charge in [-0.25, -0.2) is 0 Å². The first-order valence-corrected chi connectivity index (χ1v) is 6.82. The Morgan fingerprint density at radius 1 is 1.05 bits per heavy atom. The quantitative estimate of drug-likeness (QED) is 0.886. The van der Waals surface area contributed by atoms with E-state index in [1.54, 1.807) is 7.11 Å². The van der Waals surface area contributed by atoms with Crippen LogP contribution in [0.4, 0.5) is 0 Å². The molecule has 0 heterocycles. The second-order valence-corrected chi connectivity index (χ2v) is 4.84. The van der Waals surface area contributed by atoms with Crippen molar-refractivity contribution in [2.45, 2.75) is 26.3 Å². The van der Waals surface area contributed by atoms with Gasteiger partial charge in [-0.1, -0.05) is 25.1 Å². The highest BCUT2D eigenvalue weighted by molar-refractivity contribution is 5.45. The number of hydrogen-bond acceptors (Lipinski definition) is 3. The van der Waals surface area contributed by atoms with E-state index in [1.165, 1.54) is 0 Å². The zero-order chi connectivity index (χ0) is 14.5. The molecule has 0 saturated carbocycles. The molecule has 0 saturated heterocycles. The highest BCUT2D eigenvalue weighted by atomic mass is 16.5. The van der Waals surface area contributed by atoms with Gasteiger partial charge in [0.2, 0.25) is 0 Å². The summed E-state index contributed by atoms with van der Waals surface area (Å²) in [7, 11) is 1.64. The lowest BCUT2D eigenvalue weighted by atomic mass is 10.1. The van der Waals surface area contributed by atoms with Gasteiger partial charge in [0.15, 0.2) is 11.5 Å². The smallest absolute Gasteiger partial charge is 0.169 e. The lowest BCUT2D eigenvalue weighted by Gasteiger charge is -2.13. The van der Waals surface area contributed by atoms with Crippen molar-refractivity contribution in [3.63, 3.8) is 0 Å². The lowest BCUT2D eigenvalue weighted by molar-refractivity contribution is 0.378. The number of nitrogens with two attached hydrogens (primary N) is 1. The van der Waals surface area contributed by atoms with E-state index in [-0.39, 0.29) is 6.04 Å². The molecule has 0 aliphatic carbocycles. The topological polar surface area (TPSA) is 44.5 Å². The Bertz CT molecular complexity index is 564. The molecule has 0 aliphatic rings. The molecule has 2 N–H and O–H groups in total. The molecule has 0 aliphatic heterocycles. The lowest BCUT2D eigenvalue weighted by Crippen LogP contribution is -2.08. The van der Waals surface area contributed by atoms with Gasteiger partial charge in [-0.05, 0) is 48.7 Å². The Kier molecular flexibility index (Phi) is 4.64. The van der Waals surface area contributed by atoms with E-state index in [4.69, 9.17) is 15.2 Å². The molecule has 3 heteroatoms. The number of benzene rings is 2. The molecule has 2 aromatic carbocycles. The number of ether oxygens (including phenoxy) is 2. The van der Waals surface area contributed by atoms with Crippen molar-refractivity contribution in [1.29, 1.82) is 0 Å². The van der Waals surface area contributed by atoms with Crippen molar-refractivity contribution < 1.29 is 9.47 Å². The molecule has 0 amide bonds. The van der Waals surface area contributed by atoms with Crippen molar-refractivity contribution >= 4 is 0 Å². The maximum atomic E-state index is 6.00. The predicted molar refractivity (Wildman–Crippen MR) is 81.5 cm³/mol.